The predicted molar refractivity (Wildman–Crippen MR) is 157 cm³/mol. The van der Waals surface area contributed by atoms with Crippen LogP contribution >= 0.6 is 0 Å². The molecule has 0 spiro atoms. The first-order chi connectivity index (χ1) is 19.0. The minimum Gasteiger partial charge on any atom is -0.369 e. The van der Waals surface area contributed by atoms with Crippen LogP contribution in [0.2, 0.25) is 0 Å². The maximum absolute atomic E-state index is 12.9. The molecule has 1 unspecified atom stereocenters. The molecule has 1 fully saturated rings. The van der Waals surface area contributed by atoms with Crippen LogP contribution in [0.5, 0.6) is 0 Å². The summed E-state index contributed by atoms with van der Waals surface area (Å²) in [6.07, 6.45) is 7.66. The topological polar surface area (TPSA) is 98.3 Å². The number of anilines is 5. The van der Waals surface area contributed by atoms with Gasteiger partial charge in [0, 0.05) is 61.9 Å². The van der Waals surface area contributed by atoms with E-state index in [1.807, 2.05) is 18.2 Å². The second kappa shape index (κ2) is 12.3. The molecule has 204 valence electrons. The van der Waals surface area contributed by atoms with Crippen LogP contribution in [0.15, 0.2) is 55.3 Å². The molecule has 1 aromatic carbocycles. The quantitative estimate of drug-likeness (QED) is 0.340. The molecule has 9 nitrogen and oxygen atoms in total. The molecule has 2 aromatic heterocycles. The highest BCUT2D eigenvalue weighted by molar-refractivity contribution is 5.99. The van der Waals surface area contributed by atoms with Gasteiger partial charge < -0.3 is 25.8 Å². The van der Waals surface area contributed by atoms with Gasteiger partial charge in [-0.1, -0.05) is 19.1 Å². The fraction of sp³-hybridized carbons (Fsp3) is 0.400. The molecule has 1 amide bonds. The number of fused-ring (bicyclic) bond motifs is 1. The van der Waals surface area contributed by atoms with Crippen LogP contribution in [0.25, 0.3) is 0 Å². The van der Waals surface area contributed by atoms with Crippen molar-refractivity contribution in [1.82, 2.24) is 25.2 Å². The Morgan fingerprint density at radius 1 is 1.08 bits per heavy atom. The normalized spacial score (nSPS) is 17.3. The summed E-state index contributed by atoms with van der Waals surface area (Å²) in [5.74, 6) is 1.66. The lowest BCUT2D eigenvalue weighted by Gasteiger charge is -2.34. The maximum Gasteiger partial charge on any atom is 0.256 e. The van der Waals surface area contributed by atoms with Crippen molar-refractivity contribution in [1.29, 1.82) is 0 Å². The van der Waals surface area contributed by atoms with Gasteiger partial charge >= 0.3 is 0 Å². The minimum absolute atomic E-state index is 0.273. The van der Waals surface area contributed by atoms with Gasteiger partial charge in [0.15, 0.2) is 0 Å². The summed E-state index contributed by atoms with van der Waals surface area (Å²) in [6.45, 7) is 10.4. The standard InChI is InChI=1S/C30H38N8O/c1-4-15-31-29(39)25-20-32-30(33-23-10-12-24(13-11-23)38-18-16-37(3)17-19-38)36-28(25)35-26-14-9-22-8-6-7-21(5-2)27(22)34-26/h4,9-14,20-21H,1,5-8,15-19H2,2-3H3,(H,31,39)(H2,32,33,34,35,36). The van der Waals surface area contributed by atoms with Gasteiger partial charge in [0.25, 0.3) is 5.91 Å². The van der Waals surface area contributed by atoms with Gasteiger partial charge in [-0.05, 0) is 68.6 Å². The molecule has 9 heteroatoms. The summed E-state index contributed by atoms with van der Waals surface area (Å²) in [7, 11) is 2.16. The first kappa shape index (κ1) is 26.6. The first-order valence-electron chi connectivity index (χ1n) is 13.9. The lowest BCUT2D eigenvalue weighted by Crippen LogP contribution is -2.44. The van der Waals surface area contributed by atoms with Crippen molar-refractivity contribution in [2.75, 3.05) is 55.3 Å². The molecule has 1 aliphatic heterocycles. The van der Waals surface area contributed by atoms with Crippen molar-refractivity contribution in [3.05, 3.63) is 72.1 Å². The highest BCUT2D eigenvalue weighted by Crippen LogP contribution is 2.34. The number of hydrogen-bond donors (Lipinski definition) is 3. The molecule has 39 heavy (non-hydrogen) atoms. The number of piperazine rings is 1. The molecule has 1 aliphatic carbocycles. The molecule has 3 aromatic rings. The highest BCUT2D eigenvalue weighted by Gasteiger charge is 2.22. The molecule has 2 aliphatic rings. The van der Waals surface area contributed by atoms with Gasteiger partial charge in [-0.25, -0.2) is 9.97 Å². The molecule has 3 heterocycles. The van der Waals surface area contributed by atoms with Gasteiger partial charge in [0.2, 0.25) is 5.95 Å². The second-order valence-corrected chi connectivity index (χ2v) is 10.3. The Morgan fingerprint density at radius 2 is 1.87 bits per heavy atom. The zero-order valence-electron chi connectivity index (χ0n) is 22.9. The minimum atomic E-state index is -0.273. The van der Waals surface area contributed by atoms with Gasteiger partial charge in [-0.2, -0.15) is 4.98 Å². The Bertz CT molecular complexity index is 1300. The molecule has 1 atom stereocenters. The SMILES string of the molecule is C=CCNC(=O)c1cnc(Nc2ccc(N3CCN(C)CC3)cc2)nc1Nc1ccc2c(n1)C(CC)CCC2. The average molecular weight is 527 g/mol. The molecule has 5 rings (SSSR count). The first-order valence-corrected chi connectivity index (χ1v) is 13.9. The molecular weight excluding hydrogens is 488 g/mol. The number of nitrogens with zero attached hydrogens (tertiary/aromatic N) is 5. The monoisotopic (exact) mass is 526 g/mol. The van der Waals surface area contributed by atoms with Crippen LogP contribution in [0.3, 0.4) is 0 Å². The number of amides is 1. The van der Waals surface area contributed by atoms with Crippen molar-refractivity contribution >= 4 is 34.9 Å². The maximum atomic E-state index is 12.9. The van der Waals surface area contributed by atoms with E-state index >= 15 is 0 Å². The van der Waals surface area contributed by atoms with Crippen molar-refractivity contribution < 1.29 is 4.79 Å². The van der Waals surface area contributed by atoms with Gasteiger partial charge in [0.1, 0.15) is 17.2 Å². The summed E-state index contributed by atoms with van der Waals surface area (Å²) < 4.78 is 0. The third-order valence-electron chi connectivity index (χ3n) is 7.57. The number of hydrogen-bond acceptors (Lipinski definition) is 8. The average Bonchev–Trinajstić information content (AvgIpc) is 2.96. The molecule has 3 N–H and O–H groups in total. The van der Waals surface area contributed by atoms with Crippen LogP contribution in [0, 0.1) is 0 Å². The van der Waals surface area contributed by atoms with Crippen LogP contribution in [0.1, 0.15) is 53.7 Å². The van der Waals surface area contributed by atoms with E-state index in [-0.39, 0.29) is 5.91 Å². The number of nitrogens with one attached hydrogen (secondary N) is 3. The number of aryl methyl sites for hydroxylation is 1. The van der Waals surface area contributed by atoms with Gasteiger partial charge in [-0.15, -0.1) is 6.58 Å². The molecule has 0 radical (unpaired) electrons. The Hall–Kier alpha value is -3.98. The van der Waals surface area contributed by atoms with Crippen molar-refractivity contribution in [3.8, 4) is 0 Å². The molecule has 0 saturated carbocycles. The summed E-state index contributed by atoms with van der Waals surface area (Å²) in [4.78, 5) is 31.7. The largest absolute Gasteiger partial charge is 0.369 e. The van der Waals surface area contributed by atoms with E-state index in [2.05, 4.69) is 74.5 Å². The number of aromatic nitrogens is 3. The van der Waals surface area contributed by atoms with Crippen molar-refractivity contribution in [2.45, 2.75) is 38.5 Å². The lowest BCUT2D eigenvalue weighted by atomic mass is 9.85. The highest BCUT2D eigenvalue weighted by atomic mass is 16.1. The summed E-state index contributed by atoms with van der Waals surface area (Å²) >= 11 is 0. The molecular formula is C30H38N8O. The number of rotatable bonds is 9. The third-order valence-corrected chi connectivity index (χ3v) is 7.57. The Morgan fingerprint density at radius 3 is 2.62 bits per heavy atom. The Kier molecular flexibility index (Phi) is 8.36. The lowest BCUT2D eigenvalue weighted by molar-refractivity contribution is 0.0958. The second-order valence-electron chi connectivity index (χ2n) is 10.3. The van der Waals surface area contributed by atoms with Gasteiger partial charge in [-0.3, -0.25) is 4.79 Å². The third kappa shape index (κ3) is 6.37. The van der Waals surface area contributed by atoms with E-state index in [0.717, 1.165) is 56.8 Å². The van der Waals surface area contributed by atoms with E-state index in [1.165, 1.54) is 17.7 Å². The summed E-state index contributed by atoms with van der Waals surface area (Å²) in [5.41, 5.74) is 4.89. The summed E-state index contributed by atoms with van der Waals surface area (Å²) in [5, 5.41) is 9.42. The van der Waals surface area contributed by atoms with Crippen molar-refractivity contribution in [2.24, 2.45) is 0 Å². The van der Waals surface area contributed by atoms with Crippen LogP contribution < -0.4 is 20.9 Å². The van der Waals surface area contributed by atoms with Gasteiger partial charge in [0.05, 0.1) is 0 Å². The van der Waals surface area contributed by atoms with E-state index < -0.39 is 0 Å². The zero-order valence-corrected chi connectivity index (χ0v) is 22.9. The van der Waals surface area contributed by atoms with E-state index in [1.54, 1.807) is 12.3 Å². The fourth-order valence-corrected chi connectivity index (χ4v) is 5.25. The Balaban J connectivity index is 1.37. The number of carbonyl (C=O) groups is 1. The predicted octanol–water partition coefficient (Wildman–Crippen LogP) is 4.86. The molecule has 1 saturated heterocycles. The van der Waals surface area contributed by atoms with E-state index in [4.69, 9.17) is 4.98 Å². The van der Waals surface area contributed by atoms with Crippen LogP contribution in [-0.2, 0) is 6.42 Å². The van der Waals surface area contributed by atoms with Crippen molar-refractivity contribution in [3.63, 3.8) is 0 Å². The number of pyridine rings is 1. The van der Waals surface area contributed by atoms with Crippen LogP contribution in [0.4, 0.5) is 29.0 Å². The number of likely N-dealkylation sites (N-methyl/N-ethyl adjacent to an activating group) is 1. The number of carbonyl (C=O) groups excluding carboxylic acids is 1. The van der Waals surface area contributed by atoms with E-state index in [0.29, 0.717) is 35.6 Å². The summed E-state index contributed by atoms with van der Waals surface area (Å²) in [6, 6.07) is 12.4. The number of benzene rings is 1. The van der Waals surface area contributed by atoms with E-state index in [9.17, 15) is 4.79 Å². The fourth-order valence-electron chi connectivity index (χ4n) is 5.25. The Labute approximate surface area is 230 Å². The smallest absolute Gasteiger partial charge is 0.256 e. The zero-order chi connectivity index (χ0) is 27.2. The molecule has 0 bridgehead atoms. The van der Waals surface area contributed by atoms with Crippen LogP contribution in [-0.4, -0.2) is 65.5 Å².